The Labute approximate surface area is 383 Å². The Balaban J connectivity index is 1.01. The number of hydrogen-bond acceptors (Lipinski definition) is 10. The fourth-order valence-corrected chi connectivity index (χ4v) is 8.58. The van der Waals surface area contributed by atoms with E-state index in [1.165, 1.54) is 11.8 Å². The van der Waals surface area contributed by atoms with E-state index in [9.17, 15) is 24.8 Å². The van der Waals surface area contributed by atoms with Crippen molar-refractivity contribution in [2.45, 2.75) is 55.8 Å². The van der Waals surface area contributed by atoms with E-state index >= 15 is 0 Å². The summed E-state index contributed by atoms with van der Waals surface area (Å²) in [5, 5.41) is 36.3. The third-order valence-electron chi connectivity index (χ3n) is 11.1. The third-order valence-corrected chi connectivity index (χ3v) is 12.5. The lowest BCUT2D eigenvalue weighted by molar-refractivity contribution is -0.142. The van der Waals surface area contributed by atoms with Crippen LogP contribution in [0.4, 0.5) is 5.69 Å². The molecule has 1 aromatic heterocycles. The van der Waals surface area contributed by atoms with Gasteiger partial charge in [0.2, 0.25) is 12.0 Å². The number of nitrogens with zero attached hydrogens (tertiary/aromatic N) is 4. The first kappa shape index (κ1) is 43.8. The summed E-state index contributed by atoms with van der Waals surface area (Å²) in [5.74, 6) is -0.976. The highest BCUT2D eigenvalue weighted by molar-refractivity contribution is 7.98. The van der Waals surface area contributed by atoms with Crippen molar-refractivity contribution in [2.75, 3.05) is 11.6 Å². The molecule has 0 fully saturated rings. The number of benzene rings is 5. The topological polar surface area (TPSA) is 178 Å². The van der Waals surface area contributed by atoms with Gasteiger partial charge in [-0.05, 0) is 107 Å². The van der Waals surface area contributed by atoms with Crippen LogP contribution in [0.25, 0.3) is 11.1 Å². The lowest BCUT2D eigenvalue weighted by Gasteiger charge is -2.37. The highest BCUT2D eigenvalue weighted by Crippen LogP contribution is 2.40. The number of rotatable bonds is 13. The Kier molecular flexibility index (Phi) is 13.2. The van der Waals surface area contributed by atoms with Crippen molar-refractivity contribution in [1.29, 1.82) is 10.5 Å². The highest BCUT2D eigenvalue weighted by Gasteiger charge is 2.37. The Bertz CT molecular complexity index is 2850. The number of carboxylic acids is 1. The smallest absolute Gasteiger partial charge is 0.326 e. The van der Waals surface area contributed by atoms with Gasteiger partial charge in [0.1, 0.15) is 35.2 Å². The standard InChI is InChI=1S/C49H38Cl2N6O6S/c1-64-48-34(24-53)11-14-37(54-48)26-57-25-36-22-44-41(55-47(59)45(63-44)33-12-15-38(16-13-33)62-27-30-6-17-39(50)40(51)18-30)20-35(36)21-43(57)46(58)56-42(49(60)61)19-28-2-7-31(8-3-28)32-9-4-29(23-52)5-10-32/h2-18,20,22,42-43,45H,19,21,25-27H2,1H3,(H,55,59)(H,56,58)(H,60,61)/t42-,43?,45?/m0/s1. The van der Waals surface area contributed by atoms with E-state index in [-0.39, 0.29) is 38.4 Å². The number of halogens is 2. The zero-order valence-corrected chi connectivity index (χ0v) is 36.5. The molecule has 64 heavy (non-hydrogen) atoms. The first-order valence-corrected chi connectivity index (χ1v) is 22.1. The van der Waals surface area contributed by atoms with E-state index in [2.05, 4.69) is 22.8 Å². The van der Waals surface area contributed by atoms with E-state index in [4.69, 9.17) is 42.9 Å². The second-order valence-electron chi connectivity index (χ2n) is 15.3. The molecular weight excluding hydrogens is 872 g/mol. The first-order chi connectivity index (χ1) is 31.0. The monoisotopic (exact) mass is 908 g/mol. The van der Waals surface area contributed by atoms with Gasteiger partial charge in [-0.1, -0.05) is 77.8 Å². The minimum Gasteiger partial charge on any atom is -0.489 e. The summed E-state index contributed by atoms with van der Waals surface area (Å²) in [6.07, 6.45) is 1.14. The number of fused-ring (bicyclic) bond motifs is 2. The summed E-state index contributed by atoms with van der Waals surface area (Å²) in [5.41, 5.74) is 7.73. The third kappa shape index (κ3) is 9.84. The molecule has 0 aliphatic carbocycles. The zero-order valence-electron chi connectivity index (χ0n) is 34.2. The van der Waals surface area contributed by atoms with Crippen LogP contribution in [-0.4, -0.2) is 51.1 Å². The van der Waals surface area contributed by atoms with Crippen molar-refractivity contribution in [3.8, 4) is 34.8 Å². The molecule has 0 radical (unpaired) electrons. The number of carbonyl (C=O) groups is 3. The Morgan fingerprint density at radius 1 is 0.922 bits per heavy atom. The maximum atomic E-state index is 14.3. The summed E-state index contributed by atoms with van der Waals surface area (Å²) < 4.78 is 12.3. The Morgan fingerprint density at radius 2 is 1.64 bits per heavy atom. The van der Waals surface area contributed by atoms with Gasteiger partial charge in [-0.25, -0.2) is 9.78 Å². The fraction of sp³-hybridized carbons (Fsp3) is 0.184. The second kappa shape index (κ2) is 19.3. The van der Waals surface area contributed by atoms with E-state index in [0.29, 0.717) is 60.2 Å². The van der Waals surface area contributed by atoms with Gasteiger partial charge in [-0.3, -0.25) is 14.5 Å². The summed E-state index contributed by atoms with van der Waals surface area (Å²) in [7, 11) is 0. The predicted octanol–water partition coefficient (Wildman–Crippen LogP) is 8.91. The van der Waals surface area contributed by atoms with Gasteiger partial charge in [0, 0.05) is 25.1 Å². The number of amides is 2. The van der Waals surface area contributed by atoms with Crippen LogP contribution < -0.4 is 20.1 Å². The molecule has 0 bridgehead atoms. The van der Waals surface area contributed by atoms with Crippen molar-refractivity contribution in [3.63, 3.8) is 0 Å². The van der Waals surface area contributed by atoms with Gasteiger partial charge in [0.05, 0.1) is 44.7 Å². The highest BCUT2D eigenvalue weighted by atomic mass is 35.5. The number of carbonyl (C=O) groups excluding carboxylic acids is 2. The number of thioether (sulfide) groups is 1. The van der Waals surface area contributed by atoms with Gasteiger partial charge >= 0.3 is 5.97 Å². The molecule has 12 nitrogen and oxygen atoms in total. The average molecular weight is 910 g/mol. The van der Waals surface area contributed by atoms with Gasteiger partial charge in [-0.15, -0.1) is 11.8 Å². The van der Waals surface area contributed by atoms with E-state index in [0.717, 1.165) is 27.8 Å². The van der Waals surface area contributed by atoms with Crippen LogP contribution in [0.1, 0.15) is 50.7 Å². The molecule has 3 heterocycles. The number of aliphatic carboxylic acids is 1. The van der Waals surface area contributed by atoms with Gasteiger partial charge in [-0.2, -0.15) is 10.5 Å². The molecule has 2 aliphatic rings. The number of hydrogen-bond donors (Lipinski definition) is 3. The lowest BCUT2D eigenvalue weighted by atomic mass is 9.91. The van der Waals surface area contributed by atoms with Gasteiger partial charge in [0.15, 0.2) is 0 Å². The number of nitrogens with one attached hydrogen (secondary N) is 2. The summed E-state index contributed by atoms with van der Waals surface area (Å²) in [6.45, 7) is 0.770. The summed E-state index contributed by atoms with van der Waals surface area (Å²) in [6, 6.07) is 36.3. The van der Waals surface area contributed by atoms with Crippen molar-refractivity contribution in [1.82, 2.24) is 15.2 Å². The molecule has 3 N–H and O–H groups in total. The normalized spacial score (nSPS) is 15.9. The van der Waals surface area contributed by atoms with Crippen molar-refractivity contribution >= 4 is 58.4 Å². The maximum Gasteiger partial charge on any atom is 0.326 e. The number of pyridine rings is 1. The molecule has 6 aromatic rings. The molecule has 3 atom stereocenters. The molecule has 0 spiro atoms. The van der Waals surface area contributed by atoms with E-state index < -0.39 is 30.1 Å². The SMILES string of the molecule is CSc1nc(CN2Cc3cc4c(cc3CC2C(=O)N[C@@H](Cc2ccc(-c3ccc(C#N)cc3)cc2)C(=O)O)NC(=O)C(c2ccc(OCc3ccc(Cl)c(Cl)c3)cc2)O4)ccc1C#N. The van der Waals surface area contributed by atoms with Crippen LogP contribution in [0.3, 0.4) is 0 Å². The minimum absolute atomic E-state index is 0.0405. The van der Waals surface area contributed by atoms with Crippen LogP contribution in [0.2, 0.25) is 10.0 Å². The molecule has 5 aromatic carbocycles. The average Bonchev–Trinajstić information content (AvgIpc) is 3.31. The van der Waals surface area contributed by atoms with Gasteiger partial charge < -0.3 is 25.2 Å². The summed E-state index contributed by atoms with van der Waals surface area (Å²) >= 11 is 13.5. The summed E-state index contributed by atoms with van der Waals surface area (Å²) in [4.78, 5) is 47.1. The molecule has 0 saturated heterocycles. The fourth-order valence-electron chi connectivity index (χ4n) is 7.71. The minimum atomic E-state index is -1.23. The van der Waals surface area contributed by atoms with Crippen molar-refractivity contribution in [3.05, 3.63) is 170 Å². The van der Waals surface area contributed by atoms with Crippen molar-refractivity contribution in [2.24, 2.45) is 0 Å². The molecule has 0 saturated carbocycles. The van der Waals surface area contributed by atoms with Gasteiger partial charge in [0.25, 0.3) is 5.91 Å². The molecule has 8 rings (SSSR count). The predicted molar refractivity (Wildman–Crippen MR) is 243 cm³/mol. The van der Waals surface area contributed by atoms with E-state index in [1.54, 1.807) is 60.7 Å². The molecular formula is C49H38Cl2N6O6S. The number of nitriles is 2. The zero-order chi connectivity index (χ0) is 44.9. The van der Waals surface area contributed by atoms with Crippen molar-refractivity contribution < 1.29 is 29.0 Å². The maximum absolute atomic E-state index is 14.3. The molecule has 2 amide bonds. The van der Waals surface area contributed by atoms with Crippen LogP contribution in [0, 0.1) is 22.7 Å². The Hall–Kier alpha value is -6.87. The van der Waals surface area contributed by atoms with Crippen LogP contribution >= 0.6 is 35.0 Å². The largest absolute Gasteiger partial charge is 0.489 e. The van der Waals surface area contributed by atoms with E-state index in [1.807, 2.05) is 65.8 Å². The number of carboxylic acid groups (broad SMARTS) is 1. The van der Waals surface area contributed by atoms with Crippen LogP contribution in [0.5, 0.6) is 11.5 Å². The quantitative estimate of drug-likeness (QED) is 0.0943. The molecule has 320 valence electrons. The second-order valence-corrected chi connectivity index (χ2v) is 16.9. The molecule has 2 aliphatic heterocycles. The first-order valence-electron chi connectivity index (χ1n) is 20.1. The molecule has 15 heteroatoms. The molecule has 2 unspecified atom stereocenters. The number of aromatic nitrogens is 1. The number of ether oxygens (including phenoxy) is 2. The number of anilines is 1. The lowest BCUT2D eigenvalue weighted by Crippen LogP contribution is -2.54. The Morgan fingerprint density at radius 3 is 2.31 bits per heavy atom. The van der Waals surface area contributed by atoms with Crippen LogP contribution in [-0.2, 0) is 46.9 Å². The van der Waals surface area contributed by atoms with Crippen LogP contribution in [0.15, 0.2) is 120 Å².